The van der Waals surface area contributed by atoms with Crippen molar-refractivity contribution in [1.82, 2.24) is 5.32 Å². The number of rotatable bonds is 7. The van der Waals surface area contributed by atoms with E-state index in [4.69, 9.17) is 21.1 Å². The number of benzene rings is 1. The van der Waals surface area contributed by atoms with Gasteiger partial charge in [0.05, 0.1) is 19.2 Å². The Morgan fingerprint density at radius 3 is 2.55 bits per heavy atom. The van der Waals surface area contributed by atoms with E-state index in [0.717, 1.165) is 12.8 Å². The molecule has 0 aliphatic heterocycles. The first-order chi connectivity index (χ1) is 9.49. The Kier molecular flexibility index (Phi) is 6.65. The maximum Gasteiger partial charge on any atom is 0.251 e. The third kappa shape index (κ3) is 4.60. The molecule has 0 aliphatic rings. The molecule has 0 heterocycles. The molecule has 1 amide bonds. The molecule has 5 heteroatoms. The van der Waals surface area contributed by atoms with Gasteiger partial charge in [0.2, 0.25) is 0 Å². The minimum Gasteiger partial charge on any atom is -0.493 e. The van der Waals surface area contributed by atoms with Crippen LogP contribution in [0.2, 0.25) is 5.02 Å². The predicted molar refractivity (Wildman–Crippen MR) is 81.0 cm³/mol. The number of nitrogens with one attached hydrogen (secondary N) is 1. The summed E-state index contributed by atoms with van der Waals surface area (Å²) in [5.74, 6) is 1.37. The van der Waals surface area contributed by atoms with Crippen molar-refractivity contribution in [2.24, 2.45) is 5.92 Å². The van der Waals surface area contributed by atoms with Crippen LogP contribution >= 0.6 is 11.6 Å². The first kappa shape index (κ1) is 16.6. The van der Waals surface area contributed by atoms with Gasteiger partial charge in [0.15, 0.2) is 11.5 Å². The minimum atomic E-state index is -0.156. The number of hydrogen-bond donors (Lipinski definition) is 1. The molecule has 0 aromatic heterocycles. The van der Waals surface area contributed by atoms with Crippen LogP contribution in [-0.2, 0) is 0 Å². The van der Waals surface area contributed by atoms with Gasteiger partial charge >= 0.3 is 0 Å². The second kappa shape index (κ2) is 8.00. The first-order valence-electron chi connectivity index (χ1n) is 6.69. The van der Waals surface area contributed by atoms with Gasteiger partial charge in [-0.3, -0.25) is 4.79 Å². The van der Waals surface area contributed by atoms with Gasteiger partial charge in [0, 0.05) is 12.1 Å². The Labute approximate surface area is 125 Å². The minimum absolute atomic E-state index is 0.156. The Balaban J connectivity index is 2.71. The fourth-order valence-corrected chi connectivity index (χ4v) is 2.15. The molecule has 0 radical (unpaired) electrons. The van der Waals surface area contributed by atoms with Crippen LogP contribution < -0.4 is 14.8 Å². The summed E-state index contributed by atoms with van der Waals surface area (Å²) in [6.45, 7) is 4.98. The van der Waals surface area contributed by atoms with E-state index in [1.165, 1.54) is 14.2 Å². The van der Waals surface area contributed by atoms with Crippen LogP contribution in [0.3, 0.4) is 0 Å². The fourth-order valence-electron chi connectivity index (χ4n) is 1.86. The summed E-state index contributed by atoms with van der Waals surface area (Å²) in [5, 5.41) is 3.24. The SMILES string of the molecule is COc1cc(C(=O)NCCCC(C)C)cc(Cl)c1OC. The van der Waals surface area contributed by atoms with Crippen molar-refractivity contribution in [1.29, 1.82) is 0 Å². The molecule has 0 spiro atoms. The van der Waals surface area contributed by atoms with Gasteiger partial charge in [0.25, 0.3) is 5.91 Å². The fraction of sp³-hybridized carbons (Fsp3) is 0.533. The molecule has 1 rings (SSSR count). The zero-order valence-corrected chi connectivity index (χ0v) is 13.2. The third-order valence-electron chi connectivity index (χ3n) is 2.94. The molecule has 1 aromatic carbocycles. The van der Waals surface area contributed by atoms with E-state index in [0.29, 0.717) is 34.5 Å². The number of ether oxygens (including phenoxy) is 2. The maximum atomic E-state index is 12.0. The third-order valence-corrected chi connectivity index (χ3v) is 3.22. The summed E-state index contributed by atoms with van der Waals surface area (Å²) in [7, 11) is 3.02. The first-order valence-corrected chi connectivity index (χ1v) is 7.07. The molecular formula is C15H22ClNO3. The van der Waals surface area contributed by atoms with E-state index in [1.807, 2.05) is 0 Å². The van der Waals surface area contributed by atoms with Crippen molar-refractivity contribution in [3.05, 3.63) is 22.7 Å². The lowest BCUT2D eigenvalue weighted by atomic mass is 10.1. The van der Waals surface area contributed by atoms with Crippen molar-refractivity contribution in [2.75, 3.05) is 20.8 Å². The summed E-state index contributed by atoms with van der Waals surface area (Å²) >= 11 is 6.08. The number of carbonyl (C=O) groups is 1. The predicted octanol–water partition coefficient (Wildman–Crippen LogP) is 3.52. The normalized spacial score (nSPS) is 10.5. The Bertz CT molecular complexity index is 461. The van der Waals surface area contributed by atoms with Gasteiger partial charge in [-0.15, -0.1) is 0 Å². The molecule has 0 saturated heterocycles. The van der Waals surface area contributed by atoms with E-state index in [9.17, 15) is 4.79 Å². The van der Waals surface area contributed by atoms with E-state index >= 15 is 0 Å². The zero-order valence-electron chi connectivity index (χ0n) is 12.5. The van der Waals surface area contributed by atoms with Crippen molar-refractivity contribution < 1.29 is 14.3 Å². The number of amides is 1. The van der Waals surface area contributed by atoms with Crippen LogP contribution in [0.1, 0.15) is 37.0 Å². The number of hydrogen-bond acceptors (Lipinski definition) is 3. The lowest BCUT2D eigenvalue weighted by Gasteiger charge is -2.12. The van der Waals surface area contributed by atoms with Crippen molar-refractivity contribution in [3.63, 3.8) is 0 Å². The molecule has 0 fully saturated rings. The van der Waals surface area contributed by atoms with Crippen LogP contribution in [0.25, 0.3) is 0 Å². The van der Waals surface area contributed by atoms with Crippen molar-refractivity contribution in [3.8, 4) is 11.5 Å². The van der Waals surface area contributed by atoms with Crippen LogP contribution in [-0.4, -0.2) is 26.7 Å². The van der Waals surface area contributed by atoms with Crippen LogP contribution in [0.15, 0.2) is 12.1 Å². The monoisotopic (exact) mass is 299 g/mol. The molecule has 0 atom stereocenters. The Morgan fingerprint density at radius 2 is 2.00 bits per heavy atom. The summed E-state index contributed by atoms with van der Waals surface area (Å²) in [5.41, 5.74) is 0.470. The van der Waals surface area contributed by atoms with Crippen LogP contribution in [0.4, 0.5) is 0 Å². The molecule has 1 aromatic rings. The highest BCUT2D eigenvalue weighted by Crippen LogP contribution is 2.35. The number of carbonyl (C=O) groups excluding carboxylic acids is 1. The van der Waals surface area contributed by atoms with E-state index < -0.39 is 0 Å². The lowest BCUT2D eigenvalue weighted by Crippen LogP contribution is -2.24. The van der Waals surface area contributed by atoms with Gasteiger partial charge < -0.3 is 14.8 Å². The quantitative estimate of drug-likeness (QED) is 0.784. The molecule has 0 saturated carbocycles. The van der Waals surface area contributed by atoms with E-state index in [1.54, 1.807) is 12.1 Å². The molecule has 112 valence electrons. The topological polar surface area (TPSA) is 47.6 Å². The van der Waals surface area contributed by atoms with E-state index in [2.05, 4.69) is 19.2 Å². The second-order valence-electron chi connectivity index (χ2n) is 4.99. The standard InChI is InChI=1S/C15H22ClNO3/c1-10(2)6-5-7-17-15(18)11-8-12(16)14(20-4)13(9-11)19-3/h8-10H,5-7H2,1-4H3,(H,17,18). The van der Waals surface area contributed by atoms with Gasteiger partial charge in [-0.2, -0.15) is 0 Å². The van der Waals surface area contributed by atoms with Crippen molar-refractivity contribution >= 4 is 17.5 Å². The number of methoxy groups -OCH3 is 2. The lowest BCUT2D eigenvalue weighted by molar-refractivity contribution is 0.0952. The van der Waals surface area contributed by atoms with Gasteiger partial charge in [-0.25, -0.2) is 0 Å². The average molecular weight is 300 g/mol. The van der Waals surface area contributed by atoms with Gasteiger partial charge in [0.1, 0.15) is 0 Å². The second-order valence-corrected chi connectivity index (χ2v) is 5.39. The molecular weight excluding hydrogens is 278 g/mol. The smallest absolute Gasteiger partial charge is 0.251 e. The molecule has 20 heavy (non-hydrogen) atoms. The Morgan fingerprint density at radius 1 is 1.30 bits per heavy atom. The highest BCUT2D eigenvalue weighted by atomic mass is 35.5. The molecule has 0 bridgehead atoms. The largest absolute Gasteiger partial charge is 0.493 e. The Hall–Kier alpha value is -1.42. The summed E-state index contributed by atoms with van der Waals surface area (Å²) in [6, 6.07) is 3.21. The van der Waals surface area contributed by atoms with Crippen molar-refractivity contribution in [2.45, 2.75) is 26.7 Å². The molecule has 4 nitrogen and oxygen atoms in total. The highest BCUT2D eigenvalue weighted by Gasteiger charge is 2.14. The van der Waals surface area contributed by atoms with Crippen LogP contribution in [0, 0.1) is 5.92 Å². The molecule has 0 aliphatic carbocycles. The van der Waals surface area contributed by atoms with Gasteiger partial charge in [-0.1, -0.05) is 25.4 Å². The summed E-state index contributed by atoms with van der Waals surface area (Å²) in [4.78, 5) is 12.0. The highest BCUT2D eigenvalue weighted by molar-refractivity contribution is 6.32. The maximum absolute atomic E-state index is 12.0. The zero-order chi connectivity index (χ0) is 15.1. The van der Waals surface area contributed by atoms with Gasteiger partial charge in [-0.05, 0) is 30.9 Å². The summed E-state index contributed by atoms with van der Waals surface area (Å²) in [6.07, 6.45) is 2.05. The number of halogens is 1. The van der Waals surface area contributed by atoms with Crippen LogP contribution in [0.5, 0.6) is 11.5 Å². The summed E-state index contributed by atoms with van der Waals surface area (Å²) < 4.78 is 10.3. The molecule has 0 unspecified atom stereocenters. The molecule has 1 N–H and O–H groups in total. The van der Waals surface area contributed by atoms with E-state index in [-0.39, 0.29) is 5.91 Å². The average Bonchev–Trinajstić information content (AvgIpc) is 2.42.